The lowest BCUT2D eigenvalue weighted by Crippen LogP contribution is -1.96. The Bertz CT molecular complexity index is 6150. The summed E-state index contributed by atoms with van der Waals surface area (Å²) in [7, 11) is 0. The van der Waals surface area contributed by atoms with Crippen LogP contribution in [0, 0.1) is 22.7 Å². The van der Waals surface area contributed by atoms with Gasteiger partial charge in [-0.1, -0.05) is 194 Å². The van der Waals surface area contributed by atoms with Crippen molar-refractivity contribution in [1.82, 2.24) is 19.9 Å². The molecular formula is C82H44N6O2S2. The van der Waals surface area contributed by atoms with E-state index in [-0.39, 0.29) is 0 Å². The topological polar surface area (TPSA) is 125 Å². The van der Waals surface area contributed by atoms with Crippen LogP contribution < -0.4 is 0 Å². The summed E-state index contributed by atoms with van der Waals surface area (Å²) in [6, 6.07) is 96.2. The van der Waals surface area contributed by atoms with E-state index in [1.165, 1.54) is 0 Å². The largest absolute Gasteiger partial charge is 0.455 e. The monoisotopic (exact) mass is 1210 g/mol. The quantitative estimate of drug-likeness (QED) is 0.140. The maximum absolute atomic E-state index is 11.0. The van der Waals surface area contributed by atoms with Crippen LogP contribution in [0.15, 0.2) is 276 Å². The molecule has 0 aliphatic rings. The van der Waals surface area contributed by atoms with E-state index in [1.54, 1.807) is 22.7 Å². The fourth-order valence-corrected chi connectivity index (χ4v) is 15.6. The fraction of sp³-hybridized carbons (Fsp3) is 0. The number of hydrogen-bond donors (Lipinski definition) is 0. The molecule has 0 bridgehead atoms. The van der Waals surface area contributed by atoms with Gasteiger partial charge in [0.2, 0.25) is 0 Å². The number of thiophene rings is 2. The summed E-state index contributed by atoms with van der Waals surface area (Å²) < 4.78 is 18.0. The Balaban J connectivity index is 0.786. The summed E-state index contributed by atoms with van der Waals surface area (Å²) in [5.41, 5.74) is 20.5. The lowest BCUT2D eigenvalue weighted by atomic mass is 9.93. The number of rotatable bonds is 9. The van der Waals surface area contributed by atoms with Crippen LogP contribution in [-0.2, 0) is 0 Å². The zero-order chi connectivity index (χ0) is 61.0. The predicted octanol–water partition coefficient (Wildman–Crippen LogP) is 22.5. The first kappa shape index (κ1) is 52.9. The van der Waals surface area contributed by atoms with Crippen molar-refractivity contribution in [3.05, 3.63) is 278 Å². The standard InChI is InChI=1S/C82H44N6O2S2/c83-45-47-17-14-24-54(39-47)73-79-74(58-25-10-12-31-69(58)91-79)86-81(85-73)60-27-15-29-67-71(60)66-44-57(49-20-6-2-7-21-49)42-64(78(66)90-67)52-35-33-50(34-36-52)53-37-38-55(46-84)62(40-53)76-80-75(59-26-11-13-32-70(59)92-80)87-82(88-76)61-28-16-30-68-72(61)65-43-56(48-18-4-1-5-19-48)41-63(77(65)89-68)51-22-8-3-9-23-51/h1-44H. The highest BCUT2D eigenvalue weighted by molar-refractivity contribution is 7.26. The van der Waals surface area contributed by atoms with Gasteiger partial charge in [-0.25, -0.2) is 19.9 Å². The summed E-state index contributed by atoms with van der Waals surface area (Å²) in [6.45, 7) is 0. The molecule has 426 valence electrons. The van der Waals surface area contributed by atoms with Crippen LogP contribution in [0.5, 0.6) is 0 Å². The van der Waals surface area contributed by atoms with Gasteiger partial charge in [-0.3, -0.25) is 0 Å². The zero-order valence-electron chi connectivity index (χ0n) is 48.7. The third kappa shape index (κ3) is 8.62. The number of benzene rings is 12. The molecule has 92 heavy (non-hydrogen) atoms. The molecule has 0 saturated carbocycles. The molecule has 0 N–H and O–H groups in total. The molecule has 10 heteroatoms. The third-order valence-corrected chi connectivity index (χ3v) is 19.9. The van der Waals surface area contributed by atoms with Crippen molar-refractivity contribution in [2.24, 2.45) is 0 Å². The SMILES string of the molecule is N#Cc1cccc(-c2nc(-c3cccc4oc5c(-c6ccc(-c7ccc(C#N)c(-c8nc(-c9cccc%10oc%11c(-c%12ccccc%12)cc(-c%12ccccc%12)cc%11c9%10)nc9c8sc8ccccc89)c7)cc6)cc(-c6ccccc6)cc5c34)nc3c2sc2ccccc23)c1. The average molecular weight is 1210 g/mol. The molecular weight excluding hydrogens is 1170 g/mol. The first-order valence-corrected chi connectivity index (χ1v) is 31.8. The molecule has 6 aromatic heterocycles. The van der Waals surface area contributed by atoms with E-state index in [9.17, 15) is 10.5 Å². The summed E-state index contributed by atoms with van der Waals surface area (Å²) in [5, 5.41) is 26.8. The van der Waals surface area contributed by atoms with Crippen molar-refractivity contribution >= 4 is 107 Å². The Morgan fingerprint density at radius 1 is 0.304 bits per heavy atom. The van der Waals surface area contributed by atoms with Gasteiger partial charge in [0.25, 0.3) is 0 Å². The van der Waals surface area contributed by atoms with Crippen LogP contribution in [0.25, 0.3) is 185 Å². The molecule has 0 spiro atoms. The average Bonchev–Trinajstić information content (AvgIpc) is 1.57. The lowest BCUT2D eigenvalue weighted by molar-refractivity contribution is 0.669. The molecule has 6 heterocycles. The molecule has 0 aliphatic heterocycles. The molecule has 0 atom stereocenters. The molecule has 0 fully saturated rings. The number of nitriles is 2. The number of nitrogens with zero attached hydrogens (tertiary/aromatic N) is 6. The minimum Gasteiger partial charge on any atom is -0.455 e. The smallest absolute Gasteiger partial charge is 0.161 e. The number of aromatic nitrogens is 4. The van der Waals surface area contributed by atoms with E-state index in [1.807, 2.05) is 97.1 Å². The van der Waals surface area contributed by atoms with Gasteiger partial charge in [-0.2, -0.15) is 10.5 Å². The highest BCUT2D eigenvalue weighted by atomic mass is 32.1. The number of furan rings is 2. The van der Waals surface area contributed by atoms with Crippen LogP contribution in [0.2, 0.25) is 0 Å². The van der Waals surface area contributed by atoms with Crippen molar-refractivity contribution in [2.45, 2.75) is 0 Å². The Morgan fingerprint density at radius 3 is 1.30 bits per heavy atom. The second-order valence-corrected chi connectivity index (χ2v) is 25.1. The summed E-state index contributed by atoms with van der Waals surface area (Å²) in [6.07, 6.45) is 0. The van der Waals surface area contributed by atoms with Crippen LogP contribution in [0.3, 0.4) is 0 Å². The first-order chi connectivity index (χ1) is 45.5. The second kappa shape index (κ2) is 21.3. The van der Waals surface area contributed by atoms with Gasteiger partial charge in [-0.15, -0.1) is 22.7 Å². The maximum Gasteiger partial charge on any atom is 0.161 e. The van der Waals surface area contributed by atoms with E-state index in [4.69, 9.17) is 28.8 Å². The van der Waals surface area contributed by atoms with E-state index < -0.39 is 0 Å². The van der Waals surface area contributed by atoms with Crippen molar-refractivity contribution in [2.75, 3.05) is 0 Å². The van der Waals surface area contributed by atoms with Gasteiger partial charge in [0, 0.05) is 75.1 Å². The van der Waals surface area contributed by atoms with Gasteiger partial charge < -0.3 is 8.83 Å². The third-order valence-electron chi connectivity index (χ3n) is 17.6. The van der Waals surface area contributed by atoms with Crippen molar-refractivity contribution in [3.63, 3.8) is 0 Å². The van der Waals surface area contributed by atoms with Gasteiger partial charge >= 0.3 is 0 Å². The molecule has 0 unspecified atom stereocenters. The lowest BCUT2D eigenvalue weighted by Gasteiger charge is -2.12. The molecule has 0 saturated heterocycles. The summed E-state index contributed by atoms with van der Waals surface area (Å²) in [4.78, 5) is 21.8. The molecule has 18 rings (SSSR count). The number of fused-ring (bicyclic) bond motifs is 12. The Hall–Kier alpha value is -12.2. The highest BCUT2D eigenvalue weighted by Gasteiger charge is 2.26. The molecule has 0 radical (unpaired) electrons. The molecule has 12 aromatic carbocycles. The van der Waals surface area contributed by atoms with Crippen LogP contribution >= 0.6 is 22.7 Å². The normalized spacial score (nSPS) is 11.7. The van der Waals surface area contributed by atoms with E-state index >= 15 is 0 Å². The summed E-state index contributed by atoms with van der Waals surface area (Å²) in [5.74, 6) is 1.10. The van der Waals surface area contributed by atoms with Crippen LogP contribution in [0.1, 0.15) is 11.1 Å². The van der Waals surface area contributed by atoms with E-state index in [0.717, 1.165) is 157 Å². The second-order valence-electron chi connectivity index (χ2n) is 22.9. The van der Waals surface area contributed by atoms with E-state index in [0.29, 0.717) is 39.6 Å². The summed E-state index contributed by atoms with van der Waals surface area (Å²) >= 11 is 3.30. The zero-order valence-corrected chi connectivity index (χ0v) is 50.4. The van der Waals surface area contributed by atoms with Crippen molar-refractivity contribution in [3.8, 4) is 113 Å². The predicted molar refractivity (Wildman–Crippen MR) is 376 cm³/mol. The Kier molecular flexibility index (Phi) is 12.2. The van der Waals surface area contributed by atoms with Crippen molar-refractivity contribution in [1.29, 1.82) is 10.5 Å². The van der Waals surface area contributed by atoms with Gasteiger partial charge in [-0.05, 0) is 117 Å². The van der Waals surface area contributed by atoms with Gasteiger partial charge in [0.15, 0.2) is 11.6 Å². The maximum atomic E-state index is 11.0. The van der Waals surface area contributed by atoms with E-state index in [2.05, 4.69) is 182 Å². The highest BCUT2D eigenvalue weighted by Crippen LogP contribution is 2.48. The Morgan fingerprint density at radius 2 is 0.750 bits per heavy atom. The molecule has 8 nitrogen and oxygen atoms in total. The fourth-order valence-electron chi connectivity index (χ4n) is 13.3. The van der Waals surface area contributed by atoms with Crippen molar-refractivity contribution < 1.29 is 8.83 Å². The minimum atomic E-state index is 0.503. The first-order valence-electron chi connectivity index (χ1n) is 30.2. The number of hydrogen-bond acceptors (Lipinski definition) is 10. The van der Waals surface area contributed by atoms with Crippen LogP contribution in [-0.4, -0.2) is 19.9 Å². The molecule has 0 aliphatic carbocycles. The molecule has 18 aromatic rings. The van der Waals surface area contributed by atoms with Gasteiger partial charge in [0.05, 0.1) is 55.1 Å². The molecule has 0 amide bonds. The minimum absolute atomic E-state index is 0.503. The van der Waals surface area contributed by atoms with Crippen LogP contribution in [0.4, 0.5) is 0 Å². The Labute approximate surface area is 534 Å². The van der Waals surface area contributed by atoms with Gasteiger partial charge in [0.1, 0.15) is 22.3 Å².